The second-order valence-corrected chi connectivity index (χ2v) is 6.23. The molecule has 3 aromatic carbocycles. The highest BCUT2D eigenvalue weighted by Gasteiger charge is 2.26. The quantitative estimate of drug-likeness (QED) is 0.510. The van der Waals surface area contributed by atoms with Gasteiger partial charge in [0, 0.05) is 23.4 Å². The minimum absolute atomic E-state index is 0.208. The third kappa shape index (κ3) is 3.90. The number of rotatable bonds is 6. The van der Waals surface area contributed by atoms with Gasteiger partial charge in [0.25, 0.3) is 0 Å². The second kappa shape index (κ2) is 6.98. The lowest BCUT2D eigenvalue weighted by molar-refractivity contribution is 0.396. The van der Waals surface area contributed by atoms with E-state index in [0.29, 0.717) is 11.4 Å². The number of anilines is 2. The number of epoxide rings is 1. The maximum atomic E-state index is 6.08. The zero-order valence-electron chi connectivity index (χ0n) is 14.2. The Labute approximate surface area is 152 Å². The minimum Gasteiger partial charge on any atom is -0.457 e. The van der Waals surface area contributed by atoms with Gasteiger partial charge >= 0.3 is 0 Å². The maximum Gasteiger partial charge on any atom is 0.134 e. The lowest BCUT2D eigenvalue weighted by atomic mass is 10.1. The highest BCUT2D eigenvalue weighted by molar-refractivity contribution is 5.51. The Kier molecular flexibility index (Phi) is 4.37. The van der Waals surface area contributed by atoms with Crippen LogP contribution in [0.1, 0.15) is 5.56 Å². The minimum atomic E-state index is 0.208. The Morgan fingerprint density at radius 2 is 1.23 bits per heavy atom. The molecule has 26 heavy (non-hydrogen) atoms. The van der Waals surface area contributed by atoms with Crippen molar-refractivity contribution in [1.29, 1.82) is 0 Å². The summed E-state index contributed by atoms with van der Waals surface area (Å²) in [6.07, 6.45) is 0.940. The van der Waals surface area contributed by atoms with Crippen molar-refractivity contribution in [3.8, 4) is 23.0 Å². The van der Waals surface area contributed by atoms with Crippen molar-refractivity contribution in [3.05, 3.63) is 72.3 Å². The van der Waals surface area contributed by atoms with E-state index in [0.717, 1.165) is 41.6 Å². The number of ether oxygens (including phenoxy) is 3. The van der Waals surface area contributed by atoms with Crippen molar-refractivity contribution < 1.29 is 14.2 Å². The smallest absolute Gasteiger partial charge is 0.134 e. The van der Waals surface area contributed by atoms with Crippen LogP contribution in [0.15, 0.2) is 66.7 Å². The Morgan fingerprint density at radius 3 is 1.65 bits per heavy atom. The van der Waals surface area contributed by atoms with Gasteiger partial charge < -0.3 is 25.7 Å². The topological polar surface area (TPSA) is 83.0 Å². The SMILES string of the molecule is Nc1ccc(Oc2cccc(Oc3ccc(N)cc3)c2CC2CO2)cc1. The van der Waals surface area contributed by atoms with Gasteiger partial charge in [-0.3, -0.25) is 0 Å². The molecule has 1 atom stereocenters. The third-order valence-electron chi connectivity index (χ3n) is 4.14. The van der Waals surface area contributed by atoms with Gasteiger partial charge in [-0.25, -0.2) is 0 Å². The normalized spacial score (nSPS) is 15.5. The summed E-state index contributed by atoms with van der Waals surface area (Å²) in [5.74, 6) is 2.94. The van der Waals surface area contributed by atoms with Crippen molar-refractivity contribution in [2.45, 2.75) is 12.5 Å². The van der Waals surface area contributed by atoms with E-state index in [1.54, 1.807) is 0 Å². The molecule has 4 N–H and O–H groups in total. The predicted octanol–water partition coefficient (Wildman–Crippen LogP) is 4.38. The van der Waals surface area contributed by atoms with Crippen LogP contribution < -0.4 is 20.9 Å². The summed E-state index contributed by atoms with van der Waals surface area (Å²) >= 11 is 0. The first kappa shape index (κ1) is 16.3. The van der Waals surface area contributed by atoms with E-state index in [2.05, 4.69) is 0 Å². The van der Waals surface area contributed by atoms with Crippen LogP contribution in [0.25, 0.3) is 0 Å². The monoisotopic (exact) mass is 348 g/mol. The molecule has 1 saturated heterocycles. The molecule has 0 saturated carbocycles. The highest BCUT2D eigenvalue weighted by atomic mass is 16.6. The fourth-order valence-electron chi connectivity index (χ4n) is 2.68. The lowest BCUT2D eigenvalue weighted by Gasteiger charge is -2.16. The highest BCUT2D eigenvalue weighted by Crippen LogP contribution is 2.37. The van der Waals surface area contributed by atoms with Gasteiger partial charge in [0.1, 0.15) is 23.0 Å². The number of nitrogen functional groups attached to an aromatic ring is 2. The van der Waals surface area contributed by atoms with Gasteiger partial charge in [-0.15, -0.1) is 0 Å². The second-order valence-electron chi connectivity index (χ2n) is 6.23. The van der Waals surface area contributed by atoms with Crippen molar-refractivity contribution in [3.63, 3.8) is 0 Å². The molecule has 0 radical (unpaired) electrons. The van der Waals surface area contributed by atoms with Crippen LogP contribution in [0.2, 0.25) is 0 Å². The molecule has 5 heteroatoms. The lowest BCUT2D eigenvalue weighted by Crippen LogP contribution is -2.00. The van der Waals surface area contributed by atoms with Gasteiger partial charge in [-0.05, 0) is 60.7 Å². The molecule has 5 nitrogen and oxygen atoms in total. The van der Waals surface area contributed by atoms with E-state index in [-0.39, 0.29) is 6.10 Å². The first-order chi connectivity index (χ1) is 12.7. The first-order valence-corrected chi connectivity index (χ1v) is 8.48. The van der Waals surface area contributed by atoms with E-state index in [9.17, 15) is 0 Å². The van der Waals surface area contributed by atoms with Crippen LogP contribution >= 0.6 is 0 Å². The molecule has 0 aliphatic carbocycles. The average Bonchev–Trinajstić information content (AvgIpc) is 3.46. The van der Waals surface area contributed by atoms with E-state index in [1.165, 1.54) is 0 Å². The number of hydrogen-bond acceptors (Lipinski definition) is 5. The summed E-state index contributed by atoms with van der Waals surface area (Å²) in [6, 6.07) is 20.4. The Bertz CT molecular complexity index is 822. The van der Waals surface area contributed by atoms with E-state index in [1.807, 2.05) is 66.7 Å². The summed E-state index contributed by atoms with van der Waals surface area (Å²) < 4.78 is 17.6. The third-order valence-corrected chi connectivity index (χ3v) is 4.14. The van der Waals surface area contributed by atoms with Crippen LogP contribution in [-0.4, -0.2) is 12.7 Å². The first-order valence-electron chi connectivity index (χ1n) is 8.48. The van der Waals surface area contributed by atoms with E-state index >= 15 is 0 Å². The molecule has 0 bridgehead atoms. The van der Waals surface area contributed by atoms with Crippen molar-refractivity contribution >= 4 is 11.4 Å². The van der Waals surface area contributed by atoms with Gasteiger partial charge in [-0.1, -0.05) is 6.07 Å². The number of nitrogens with two attached hydrogens (primary N) is 2. The van der Waals surface area contributed by atoms with Crippen molar-refractivity contribution in [2.24, 2.45) is 0 Å². The van der Waals surface area contributed by atoms with Crippen LogP contribution in [-0.2, 0) is 11.2 Å². The van der Waals surface area contributed by atoms with Gasteiger partial charge in [-0.2, -0.15) is 0 Å². The summed E-state index contributed by atoms with van der Waals surface area (Å²) in [7, 11) is 0. The molecule has 0 amide bonds. The fourth-order valence-corrected chi connectivity index (χ4v) is 2.68. The molecule has 4 rings (SSSR count). The number of hydrogen-bond donors (Lipinski definition) is 2. The van der Waals surface area contributed by atoms with Crippen LogP contribution in [0.5, 0.6) is 23.0 Å². The Balaban J connectivity index is 1.64. The van der Waals surface area contributed by atoms with Crippen LogP contribution in [0.4, 0.5) is 11.4 Å². The van der Waals surface area contributed by atoms with Gasteiger partial charge in [0.15, 0.2) is 0 Å². The van der Waals surface area contributed by atoms with Gasteiger partial charge in [0.05, 0.1) is 12.7 Å². The molecule has 3 aromatic rings. The van der Waals surface area contributed by atoms with Crippen molar-refractivity contribution in [2.75, 3.05) is 18.1 Å². The molecule has 132 valence electrons. The zero-order chi connectivity index (χ0) is 17.9. The summed E-state index contributed by atoms with van der Waals surface area (Å²) in [5, 5.41) is 0. The number of benzene rings is 3. The predicted molar refractivity (Wildman–Crippen MR) is 102 cm³/mol. The van der Waals surface area contributed by atoms with E-state index < -0.39 is 0 Å². The molecule has 1 unspecified atom stereocenters. The van der Waals surface area contributed by atoms with E-state index in [4.69, 9.17) is 25.7 Å². The molecule has 0 aromatic heterocycles. The molecule has 0 spiro atoms. The van der Waals surface area contributed by atoms with Crippen LogP contribution in [0.3, 0.4) is 0 Å². The largest absolute Gasteiger partial charge is 0.457 e. The zero-order valence-corrected chi connectivity index (χ0v) is 14.2. The molecular formula is C21H20N2O3. The van der Waals surface area contributed by atoms with Crippen LogP contribution in [0, 0.1) is 0 Å². The Morgan fingerprint density at radius 1 is 0.769 bits per heavy atom. The standard InChI is InChI=1S/C21H20N2O3/c22-14-4-8-16(9-5-14)25-20-2-1-3-21(19(20)12-18-13-24-18)26-17-10-6-15(23)7-11-17/h1-11,18H,12-13,22-23H2. The fraction of sp³-hybridized carbons (Fsp3) is 0.143. The molecule has 1 aliphatic rings. The molecule has 1 aliphatic heterocycles. The molecule has 1 heterocycles. The summed E-state index contributed by atoms with van der Waals surface area (Å²) in [6.45, 7) is 0.761. The molecular weight excluding hydrogens is 328 g/mol. The average molecular weight is 348 g/mol. The summed E-state index contributed by atoms with van der Waals surface area (Å²) in [5.41, 5.74) is 13.9. The van der Waals surface area contributed by atoms with Crippen molar-refractivity contribution in [1.82, 2.24) is 0 Å². The summed E-state index contributed by atoms with van der Waals surface area (Å²) in [4.78, 5) is 0. The molecule has 1 fully saturated rings. The Hall–Kier alpha value is -3.18. The van der Waals surface area contributed by atoms with Gasteiger partial charge in [0.2, 0.25) is 0 Å². The maximum absolute atomic E-state index is 6.08.